The topological polar surface area (TPSA) is 72.2 Å². The largest absolute Gasteiger partial charge is 0.346 e. The summed E-state index contributed by atoms with van der Waals surface area (Å²) in [5.41, 5.74) is 1.34. The fourth-order valence-electron chi connectivity index (χ4n) is 1.55. The van der Waals surface area contributed by atoms with Gasteiger partial charge in [0, 0.05) is 24.0 Å². The molecular formula is C11H9N5OS. The second kappa shape index (κ2) is 4.53. The molecule has 3 rings (SSSR count). The third-order valence-corrected chi connectivity index (χ3v) is 3.00. The average Bonchev–Trinajstić information content (AvgIpc) is 3.04. The summed E-state index contributed by atoms with van der Waals surface area (Å²) in [6, 6.07) is 1.83. The molecule has 0 aliphatic carbocycles. The lowest BCUT2D eigenvalue weighted by atomic mass is 10.3. The van der Waals surface area contributed by atoms with Gasteiger partial charge in [-0.15, -0.1) is 0 Å². The Morgan fingerprint density at radius 3 is 3.22 bits per heavy atom. The van der Waals surface area contributed by atoms with Gasteiger partial charge in [-0.25, -0.2) is 14.3 Å². The molecule has 7 heteroatoms. The molecule has 18 heavy (non-hydrogen) atoms. The minimum Gasteiger partial charge on any atom is -0.346 e. The van der Waals surface area contributed by atoms with Crippen molar-refractivity contribution in [2.45, 2.75) is 6.54 Å². The summed E-state index contributed by atoms with van der Waals surface area (Å²) < 4.78 is 5.70. The van der Waals surface area contributed by atoms with Crippen LogP contribution < -0.4 is 5.32 Å². The highest BCUT2D eigenvalue weighted by Crippen LogP contribution is 2.04. The van der Waals surface area contributed by atoms with Crippen LogP contribution in [0.15, 0.2) is 36.2 Å². The number of aromatic nitrogens is 4. The summed E-state index contributed by atoms with van der Waals surface area (Å²) in [4.78, 5) is 20.1. The van der Waals surface area contributed by atoms with E-state index in [9.17, 15) is 4.79 Å². The van der Waals surface area contributed by atoms with Crippen LogP contribution in [0.3, 0.4) is 0 Å². The summed E-state index contributed by atoms with van der Waals surface area (Å²) in [6.45, 7) is 0.373. The molecule has 0 saturated heterocycles. The maximum Gasteiger partial charge on any atom is 0.254 e. The molecule has 0 unspecified atom stereocenters. The number of rotatable bonds is 3. The van der Waals surface area contributed by atoms with Gasteiger partial charge in [0.15, 0.2) is 0 Å². The smallest absolute Gasteiger partial charge is 0.254 e. The van der Waals surface area contributed by atoms with E-state index in [2.05, 4.69) is 19.7 Å². The van der Waals surface area contributed by atoms with E-state index >= 15 is 0 Å². The van der Waals surface area contributed by atoms with Gasteiger partial charge < -0.3 is 5.32 Å². The fraction of sp³-hybridized carbons (Fsp3) is 0.0909. The minimum absolute atomic E-state index is 0.145. The third-order valence-electron chi connectivity index (χ3n) is 2.41. The molecule has 0 aromatic carbocycles. The molecule has 0 saturated carbocycles. The van der Waals surface area contributed by atoms with Crippen molar-refractivity contribution in [3.8, 4) is 0 Å². The van der Waals surface area contributed by atoms with Crippen LogP contribution in [-0.4, -0.2) is 24.6 Å². The van der Waals surface area contributed by atoms with E-state index < -0.39 is 0 Å². The Morgan fingerprint density at radius 1 is 1.50 bits per heavy atom. The standard InChI is InChI=1S/C11H9N5OS/c17-10(8-4-14-18-7-8)13-5-9-6-16-3-1-2-12-11(16)15-9/h1-4,6-7H,5H2,(H,13,17). The summed E-state index contributed by atoms with van der Waals surface area (Å²) in [5.74, 6) is 0.479. The molecule has 3 aromatic heterocycles. The second-order valence-corrected chi connectivity index (χ2v) is 4.31. The molecule has 3 heterocycles. The number of amides is 1. The molecule has 0 radical (unpaired) electrons. The first-order valence-corrected chi connectivity index (χ1v) is 6.13. The van der Waals surface area contributed by atoms with Crippen molar-refractivity contribution < 1.29 is 4.79 Å². The van der Waals surface area contributed by atoms with E-state index in [4.69, 9.17) is 0 Å². The van der Waals surface area contributed by atoms with Crippen LogP contribution in [0.4, 0.5) is 0 Å². The Morgan fingerprint density at radius 2 is 2.44 bits per heavy atom. The lowest BCUT2D eigenvalue weighted by molar-refractivity contribution is 0.0950. The quantitative estimate of drug-likeness (QED) is 0.765. The van der Waals surface area contributed by atoms with E-state index in [0.29, 0.717) is 17.9 Å². The number of imidazole rings is 1. The summed E-state index contributed by atoms with van der Waals surface area (Å²) in [6.07, 6.45) is 6.94. The number of carbonyl (C=O) groups excluding carboxylic acids is 1. The van der Waals surface area contributed by atoms with E-state index in [-0.39, 0.29) is 5.91 Å². The lowest BCUT2D eigenvalue weighted by Crippen LogP contribution is -2.22. The summed E-state index contributed by atoms with van der Waals surface area (Å²) in [5, 5.41) is 4.50. The van der Waals surface area contributed by atoms with Crippen LogP contribution >= 0.6 is 11.5 Å². The Balaban J connectivity index is 1.71. The number of hydrogen-bond acceptors (Lipinski definition) is 5. The van der Waals surface area contributed by atoms with Crippen molar-refractivity contribution in [2.24, 2.45) is 0 Å². The van der Waals surface area contributed by atoms with Gasteiger partial charge >= 0.3 is 0 Å². The van der Waals surface area contributed by atoms with Crippen LogP contribution in [0.1, 0.15) is 16.1 Å². The number of nitrogens with zero attached hydrogens (tertiary/aromatic N) is 4. The zero-order chi connectivity index (χ0) is 12.4. The highest BCUT2D eigenvalue weighted by molar-refractivity contribution is 7.03. The highest BCUT2D eigenvalue weighted by Gasteiger charge is 2.07. The molecule has 90 valence electrons. The summed E-state index contributed by atoms with van der Waals surface area (Å²) in [7, 11) is 0. The number of fused-ring (bicyclic) bond motifs is 1. The van der Waals surface area contributed by atoms with E-state index in [1.54, 1.807) is 17.8 Å². The predicted molar refractivity (Wildman–Crippen MR) is 66.3 cm³/mol. The van der Waals surface area contributed by atoms with Gasteiger partial charge in [0.25, 0.3) is 5.91 Å². The highest BCUT2D eigenvalue weighted by atomic mass is 32.1. The van der Waals surface area contributed by atoms with Crippen molar-refractivity contribution in [3.63, 3.8) is 0 Å². The van der Waals surface area contributed by atoms with Gasteiger partial charge in [0.2, 0.25) is 5.78 Å². The first-order valence-electron chi connectivity index (χ1n) is 5.29. The maximum absolute atomic E-state index is 11.7. The Kier molecular flexibility index (Phi) is 2.73. The molecular weight excluding hydrogens is 250 g/mol. The molecule has 3 aromatic rings. The van der Waals surface area contributed by atoms with Gasteiger partial charge in [0.1, 0.15) is 0 Å². The fourth-order valence-corrected chi connectivity index (χ4v) is 2.07. The van der Waals surface area contributed by atoms with Crippen molar-refractivity contribution in [3.05, 3.63) is 47.5 Å². The molecule has 0 aliphatic heterocycles. The molecule has 1 N–H and O–H groups in total. The van der Waals surface area contributed by atoms with Gasteiger partial charge in [-0.3, -0.25) is 9.20 Å². The number of nitrogens with one attached hydrogen (secondary N) is 1. The van der Waals surface area contributed by atoms with E-state index in [1.165, 1.54) is 11.5 Å². The molecule has 0 bridgehead atoms. The zero-order valence-corrected chi connectivity index (χ0v) is 10.1. The Labute approximate surface area is 106 Å². The van der Waals surface area contributed by atoms with Crippen LogP contribution in [0.25, 0.3) is 5.78 Å². The molecule has 0 fully saturated rings. The zero-order valence-electron chi connectivity index (χ0n) is 9.28. The van der Waals surface area contributed by atoms with Gasteiger partial charge in [0.05, 0.1) is 24.0 Å². The third kappa shape index (κ3) is 2.07. The molecule has 1 amide bonds. The monoisotopic (exact) mass is 259 g/mol. The first-order chi connectivity index (χ1) is 8.83. The summed E-state index contributed by atoms with van der Waals surface area (Å²) >= 11 is 1.25. The SMILES string of the molecule is O=C(NCc1cn2cccnc2n1)c1cnsc1. The molecule has 0 aliphatic rings. The van der Waals surface area contributed by atoms with E-state index in [1.807, 2.05) is 22.9 Å². The molecule has 6 nitrogen and oxygen atoms in total. The average molecular weight is 259 g/mol. The second-order valence-electron chi connectivity index (χ2n) is 3.65. The molecule has 0 atom stereocenters. The van der Waals surface area contributed by atoms with E-state index in [0.717, 1.165) is 5.69 Å². The van der Waals surface area contributed by atoms with Gasteiger partial charge in [-0.05, 0) is 17.6 Å². The van der Waals surface area contributed by atoms with Gasteiger partial charge in [-0.1, -0.05) is 0 Å². The normalized spacial score (nSPS) is 10.7. The lowest BCUT2D eigenvalue weighted by Gasteiger charge is -1.99. The first kappa shape index (κ1) is 10.8. The van der Waals surface area contributed by atoms with Crippen LogP contribution in [-0.2, 0) is 6.54 Å². The maximum atomic E-state index is 11.7. The minimum atomic E-state index is -0.145. The van der Waals surface area contributed by atoms with Crippen molar-refractivity contribution in [2.75, 3.05) is 0 Å². The van der Waals surface area contributed by atoms with Crippen molar-refractivity contribution >= 4 is 23.2 Å². The Bertz CT molecular complexity index is 643. The van der Waals surface area contributed by atoms with Crippen LogP contribution in [0.5, 0.6) is 0 Å². The van der Waals surface area contributed by atoms with Gasteiger partial charge in [-0.2, -0.15) is 0 Å². The molecule has 0 spiro atoms. The van der Waals surface area contributed by atoms with Crippen LogP contribution in [0.2, 0.25) is 0 Å². The number of hydrogen-bond donors (Lipinski definition) is 1. The van der Waals surface area contributed by atoms with Crippen molar-refractivity contribution in [1.29, 1.82) is 0 Å². The van der Waals surface area contributed by atoms with Crippen LogP contribution in [0, 0.1) is 0 Å². The Hall–Kier alpha value is -2.28. The number of carbonyl (C=O) groups is 1. The predicted octanol–water partition coefficient (Wildman–Crippen LogP) is 1.12. The van der Waals surface area contributed by atoms with Crippen molar-refractivity contribution in [1.82, 2.24) is 24.1 Å².